The highest BCUT2D eigenvalue weighted by molar-refractivity contribution is 6.74. The number of benzene rings is 3. The lowest BCUT2D eigenvalue weighted by atomic mass is 9.82. The Labute approximate surface area is 299 Å². The van der Waals surface area contributed by atoms with Gasteiger partial charge in [-0.2, -0.15) is 0 Å². The second-order valence-electron chi connectivity index (χ2n) is 15.6. The quantitative estimate of drug-likeness (QED) is 0.175. The lowest BCUT2D eigenvalue weighted by Gasteiger charge is -2.48. The first-order valence-electron chi connectivity index (χ1n) is 17.0. The largest absolute Gasteiger partial charge is 0.490 e. The van der Waals surface area contributed by atoms with E-state index in [-0.39, 0.29) is 52.1 Å². The maximum atomic E-state index is 16.7. The number of carbonyl (C=O) groups excluding carboxylic acids is 2. The smallest absolute Gasteiger partial charge is 0.410 e. The molecule has 1 fully saturated rings. The van der Waals surface area contributed by atoms with E-state index in [1.54, 1.807) is 4.90 Å². The topological polar surface area (TPSA) is 94.3 Å². The van der Waals surface area contributed by atoms with Crippen molar-refractivity contribution in [1.29, 1.82) is 0 Å². The highest BCUT2D eigenvalue weighted by Gasteiger charge is 2.51. The van der Waals surface area contributed by atoms with Crippen LogP contribution in [-0.2, 0) is 21.1 Å². The van der Waals surface area contributed by atoms with Crippen molar-refractivity contribution in [2.75, 3.05) is 37.7 Å². The number of fused-ring (bicyclic) bond motifs is 3. The molecule has 0 aromatic heterocycles. The van der Waals surface area contributed by atoms with Crippen LogP contribution < -0.4 is 15.4 Å². The van der Waals surface area contributed by atoms with Gasteiger partial charge >= 0.3 is 6.09 Å². The van der Waals surface area contributed by atoms with E-state index in [4.69, 9.17) is 31.2 Å². The zero-order chi connectivity index (χ0) is 36.8. The second-order valence-corrected chi connectivity index (χ2v) is 20.8. The van der Waals surface area contributed by atoms with Gasteiger partial charge in [-0.25, -0.2) is 13.6 Å². The molecule has 12 heteroatoms. The van der Waals surface area contributed by atoms with E-state index in [0.29, 0.717) is 37.4 Å². The van der Waals surface area contributed by atoms with Crippen molar-refractivity contribution in [2.24, 2.45) is 5.73 Å². The number of halogens is 3. The van der Waals surface area contributed by atoms with E-state index in [0.717, 1.165) is 5.56 Å². The van der Waals surface area contributed by atoms with Gasteiger partial charge in [-0.15, -0.1) is 0 Å². The fourth-order valence-electron chi connectivity index (χ4n) is 6.52. The van der Waals surface area contributed by atoms with Crippen molar-refractivity contribution < 1.29 is 32.3 Å². The molecule has 0 bridgehead atoms. The van der Waals surface area contributed by atoms with Crippen molar-refractivity contribution in [3.05, 3.63) is 81.9 Å². The number of hydrogen-bond donors (Lipinski definition) is 1. The van der Waals surface area contributed by atoms with Gasteiger partial charge in [-0.05, 0) is 68.2 Å². The number of piperazine rings is 1. The van der Waals surface area contributed by atoms with Crippen LogP contribution >= 0.6 is 11.6 Å². The lowest BCUT2D eigenvalue weighted by molar-refractivity contribution is 0.0164. The predicted molar refractivity (Wildman–Crippen MR) is 196 cm³/mol. The molecule has 0 spiro atoms. The van der Waals surface area contributed by atoms with Gasteiger partial charge in [0.05, 0.1) is 29.3 Å². The minimum Gasteiger partial charge on any atom is -0.490 e. The van der Waals surface area contributed by atoms with E-state index in [9.17, 15) is 9.59 Å². The zero-order valence-corrected chi connectivity index (χ0v) is 32.0. The summed E-state index contributed by atoms with van der Waals surface area (Å²) in [7, 11) is -1.97. The normalized spacial score (nSPS) is 17.7. The molecule has 1 atom stereocenters. The Hall–Kier alpha value is -3.67. The summed E-state index contributed by atoms with van der Waals surface area (Å²) in [5, 5.41) is -0.289. The second kappa shape index (κ2) is 13.8. The lowest BCUT2D eigenvalue weighted by Crippen LogP contribution is -2.60. The van der Waals surface area contributed by atoms with Crippen LogP contribution in [0.2, 0.25) is 23.2 Å². The van der Waals surface area contributed by atoms with Gasteiger partial charge in [0.15, 0.2) is 19.9 Å². The fourth-order valence-corrected chi connectivity index (χ4v) is 7.87. The Balaban J connectivity index is 1.56. The van der Waals surface area contributed by atoms with Gasteiger partial charge in [-0.3, -0.25) is 4.79 Å². The number of ether oxygens (including phenoxy) is 2. The molecule has 2 aliphatic heterocycles. The Kier molecular flexibility index (Phi) is 10.4. The molecule has 0 saturated carbocycles. The molecular formula is C38H48ClF2N3O5Si. The summed E-state index contributed by atoms with van der Waals surface area (Å²) in [6.45, 7) is 17.7. The van der Waals surface area contributed by atoms with Crippen LogP contribution in [0.1, 0.15) is 69.4 Å². The molecule has 2 aliphatic rings. The summed E-state index contributed by atoms with van der Waals surface area (Å²) < 4.78 is 50.5. The van der Waals surface area contributed by atoms with Gasteiger partial charge < -0.3 is 29.4 Å². The van der Waals surface area contributed by atoms with Gasteiger partial charge in [0.2, 0.25) is 5.91 Å². The third-order valence-corrected chi connectivity index (χ3v) is 14.9. The molecule has 1 saturated heterocycles. The van der Waals surface area contributed by atoms with Crippen LogP contribution in [0.25, 0.3) is 11.1 Å². The number of hydrogen-bond acceptors (Lipinski definition) is 6. The molecule has 50 heavy (non-hydrogen) atoms. The molecule has 8 nitrogen and oxygen atoms in total. The average Bonchev–Trinajstić information content (AvgIpc) is 3.35. The molecule has 0 aliphatic carbocycles. The molecular weight excluding hydrogens is 680 g/mol. The summed E-state index contributed by atoms with van der Waals surface area (Å²) in [4.78, 5) is 29.8. The number of nitrogens with zero attached hydrogens (tertiary/aromatic N) is 2. The third kappa shape index (κ3) is 7.22. The molecule has 5 rings (SSSR count). The SMILES string of the molecule is CC(C)(C)OC(=O)N1CCN2c3cc(F)c(Cl)c(-c4c(C(N)=O)ccc(OCCCO[Si](C)(C)C(C)(C)C)c4F)c3CC2(c2ccccc2)C1. The van der Waals surface area contributed by atoms with Crippen molar-refractivity contribution in [1.82, 2.24) is 4.90 Å². The fraction of sp³-hybridized carbons (Fsp3) is 0.474. The minimum atomic E-state index is -1.97. The number of carbonyl (C=O) groups is 2. The summed E-state index contributed by atoms with van der Waals surface area (Å²) in [6, 6.07) is 13.7. The van der Waals surface area contributed by atoms with Crippen LogP contribution in [0.3, 0.4) is 0 Å². The highest BCUT2D eigenvalue weighted by Crippen LogP contribution is 2.53. The third-order valence-electron chi connectivity index (χ3n) is 10.0. The molecule has 270 valence electrons. The summed E-state index contributed by atoms with van der Waals surface area (Å²) >= 11 is 6.73. The van der Waals surface area contributed by atoms with Crippen LogP contribution in [0.4, 0.5) is 19.3 Å². The molecule has 2 N–H and O–H groups in total. The Morgan fingerprint density at radius 2 is 1.66 bits per heavy atom. The molecule has 3 aromatic carbocycles. The predicted octanol–water partition coefficient (Wildman–Crippen LogP) is 8.68. The summed E-state index contributed by atoms with van der Waals surface area (Å²) in [6.07, 6.45) is 0.279. The van der Waals surface area contributed by atoms with E-state index in [2.05, 4.69) is 33.9 Å². The van der Waals surface area contributed by atoms with E-state index < -0.39 is 43.1 Å². The average molecular weight is 728 g/mol. The molecule has 0 radical (unpaired) electrons. The maximum Gasteiger partial charge on any atom is 0.410 e. The van der Waals surface area contributed by atoms with Gasteiger partial charge in [-0.1, -0.05) is 62.7 Å². The number of primary amides is 1. The monoisotopic (exact) mass is 727 g/mol. The number of anilines is 1. The first kappa shape index (κ1) is 37.6. The standard InChI is InChI=1S/C38H48ClF2N3O5Si/c1-36(2,3)49-35(46)43-17-18-44-28-21-27(40)32(39)30(26(28)22-38(44,23-43)24-13-10-9-11-14-24)31-25(34(42)45)15-16-29(33(31)41)47-19-12-20-48-50(7,8)37(4,5)6/h9-11,13-16,21H,12,17-20,22-23H2,1-8H3,(H2,42,45). The van der Waals surface area contributed by atoms with E-state index in [1.165, 1.54) is 18.2 Å². The van der Waals surface area contributed by atoms with Crippen molar-refractivity contribution in [2.45, 2.75) is 83.7 Å². The Morgan fingerprint density at radius 3 is 2.28 bits per heavy atom. The zero-order valence-electron chi connectivity index (χ0n) is 30.2. The number of rotatable bonds is 9. The number of amides is 2. The van der Waals surface area contributed by atoms with Gasteiger partial charge in [0, 0.05) is 49.4 Å². The molecule has 2 heterocycles. The van der Waals surface area contributed by atoms with Crippen molar-refractivity contribution >= 4 is 37.6 Å². The number of nitrogens with two attached hydrogens (primary N) is 1. The van der Waals surface area contributed by atoms with Crippen molar-refractivity contribution in [3.63, 3.8) is 0 Å². The van der Waals surface area contributed by atoms with Crippen LogP contribution in [0, 0.1) is 11.6 Å². The van der Waals surface area contributed by atoms with E-state index >= 15 is 8.78 Å². The van der Waals surface area contributed by atoms with Gasteiger partial charge in [0.25, 0.3) is 0 Å². The minimum absolute atomic E-state index is 0.0354. The van der Waals surface area contributed by atoms with Gasteiger partial charge in [0.1, 0.15) is 11.4 Å². The Morgan fingerprint density at radius 1 is 0.980 bits per heavy atom. The summed E-state index contributed by atoms with van der Waals surface area (Å²) in [5.74, 6) is -2.65. The van der Waals surface area contributed by atoms with Crippen molar-refractivity contribution in [3.8, 4) is 16.9 Å². The molecule has 3 aromatic rings. The van der Waals surface area contributed by atoms with E-state index in [1.807, 2.05) is 56.0 Å². The summed E-state index contributed by atoms with van der Waals surface area (Å²) in [5.41, 5.74) is 5.79. The Bertz CT molecular complexity index is 1780. The molecule has 2 amide bonds. The first-order chi connectivity index (χ1) is 23.3. The van der Waals surface area contributed by atoms with Crippen LogP contribution in [0.15, 0.2) is 48.5 Å². The van der Waals surface area contributed by atoms with Crippen LogP contribution in [0.5, 0.6) is 5.75 Å². The van der Waals surface area contributed by atoms with Crippen LogP contribution in [-0.4, -0.2) is 63.7 Å². The highest BCUT2D eigenvalue weighted by atomic mass is 35.5. The first-order valence-corrected chi connectivity index (χ1v) is 20.3. The molecule has 1 unspecified atom stereocenters. The maximum absolute atomic E-state index is 16.7.